The highest BCUT2D eigenvalue weighted by molar-refractivity contribution is 7.79. The Labute approximate surface area is 89.7 Å². The van der Waals surface area contributed by atoms with Crippen LogP contribution in [0.2, 0.25) is 0 Å². The Morgan fingerprint density at radius 3 is 2.67 bits per heavy atom. The van der Waals surface area contributed by atoms with Gasteiger partial charge in [-0.2, -0.15) is 0 Å². The third-order valence-electron chi connectivity index (χ3n) is 1.83. The molecule has 1 aromatic rings. The molecule has 0 radical (unpaired) electrons. The van der Waals surface area contributed by atoms with Crippen LogP contribution in [0.1, 0.15) is 10.4 Å². The number of nitrogens with one attached hydrogen (secondary N) is 1. The second-order valence-electron chi connectivity index (χ2n) is 2.68. The highest BCUT2D eigenvalue weighted by atomic mass is 32.2. The molecule has 0 aliphatic rings. The van der Waals surface area contributed by atoms with Gasteiger partial charge in [-0.05, 0) is 29.3 Å². The first kappa shape index (κ1) is 11.7. The molecule has 0 fully saturated rings. The van der Waals surface area contributed by atoms with E-state index in [1.165, 1.54) is 32.4 Å². The lowest BCUT2D eigenvalue weighted by Crippen LogP contribution is -2.18. The maximum atomic E-state index is 11.2. The van der Waals surface area contributed by atoms with Crippen LogP contribution in [-0.4, -0.2) is 28.8 Å². The lowest BCUT2D eigenvalue weighted by atomic mass is 10.2. The second-order valence-corrected chi connectivity index (χ2v) is 3.59. The maximum Gasteiger partial charge on any atom is 0.251 e. The molecule has 0 aliphatic carbocycles. The van der Waals surface area contributed by atoms with Crippen molar-refractivity contribution in [2.45, 2.75) is 4.90 Å². The van der Waals surface area contributed by atoms with Crippen molar-refractivity contribution in [3.63, 3.8) is 0 Å². The highest BCUT2D eigenvalue weighted by Crippen LogP contribution is 2.22. The van der Waals surface area contributed by atoms with Gasteiger partial charge in [-0.3, -0.25) is 9.00 Å². The molecule has 1 N–H and O–H groups in total. The van der Waals surface area contributed by atoms with Crippen LogP contribution in [0.5, 0.6) is 5.75 Å². The zero-order chi connectivity index (χ0) is 11.4. The summed E-state index contributed by atoms with van der Waals surface area (Å²) in [6.07, 6.45) is 0. The van der Waals surface area contributed by atoms with Crippen molar-refractivity contribution in [1.82, 2.24) is 5.32 Å². The molecule has 82 valence electrons. The summed E-state index contributed by atoms with van der Waals surface area (Å²) in [7, 11) is 2.84. The van der Waals surface area contributed by atoms with Crippen LogP contribution in [0.4, 0.5) is 0 Å². The molecule has 15 heavy (non-hydrogen) atoms. The van der Waals surface area contributed by atoms with Gasteiger partial charge in [0.1, 0.15) is 5.75 Å². The van der Waals surface area contributed by atoms with E-state index in [0.717, 1.165) is 0 Å². The average molecular weight is 228 g/mol. The van der Waals surface area contributed by atoms with Crippen molar-refractivity contribution >= 4 is 17.0 Å². The molecular formula is C9H10NO4S-. The Morgan fingerprint density at radius 1 is 1.53 bits per heavy atom. The Kier molecular flexibility index (Phi) is 3.81. The molecule has 6 heteroatoms. The summed E-state index contributed by atoms with van der Waals surface area (Å²) >= 11 is -2.42. The van der Waals surface area contributed by atoms with Gasteiger partial charge in [0, 0.05) is 12.6 Å². The van der Waals surface area contributed by atoms with E-state index in [0.29, 0.717) is 0 Å². The van der Waals surface area contributed by atoms with Crippen LogP contribution in [0.3, 0.4) is 0 Å². The number of carbonyl (C=O) groups excluding carboxylic acids is 1. The van der Waals surface area contributed by atoms with Crippen molar-refractivity contribution in [3.05, 3.63) is 23.8 Å². The minimum absolute atomic E-state index is 0.0291. The number of hydrogen-bond donors (Lipinski definition) is 1. The fraction of sp³-hybridized carbons (Fsp3) is 0.222. The van der Waals surface area contributed by atoms with Crippen LogP contribution >= 0.6 is 0 Å². The van der Waals surface area contributed by atoms with Crippen LogP contribution < -0.4 is 10.1 Å². The minimum Gasteiger partial charge on any atom is -0.768 e. The molecule has 0 saturated heterocycles. The third-order valence-corrected chi connectivity index (χ3v) is 2.51. The number of ether oxygens (including phenoxy) is 1. The van der Waals surface area contributed by atoms with Crippen molar-refractivity contribution in [3.8, 4) is 5.75 Å². The largest absolute Gasteiger partial charge is 0.768 e. The summed E-state index contributed by atoms with van der Waals surface area (Å²) < 4.78 is 26.5. The fourth-order valence-corrected chi connectivity index (χ4v) is 1.63. The molecule has 0 bridgehead atoms. The van der Waals surface area contributed by atoms with E-state index in [1.54, 1.807) is 0 Å². The summed E-state index contributed by atoms with van der Waals surface area (Å²) in [6.45, 7) is 0. The van der Waals surface area contributed by atoms with Gasteiger partial charge in [0.15, 0.2) is 0 Å². The standard InChI is InChI=1S/C9H11NO4S/c1-10-9(11)6-3-4-7(14-2)8(5-6)15(12)13/h3-5H,1-2H3,(H,10,11)(H,12,13)/p-1. The number of carbonyl (C=O) groups is 1. The number of benzene rings is 1. The van der Waals surface area contributed by atoms with Crippen molar-refractivity contribution < 1.29 is 18.3 Å². The number of methoxy groups -OCH3 is 1. The van der Waals surface area contributed by atoms with Gasteiger partial charge >= 0.3 is 0 Å². The van der Waals surface area contributed by atoms with Crippen molar-refractivity contribution in [1.29, 1.82) is 0 Å². The predicted molar refractivity (Wildman–Crippen MR) is 53.6 cm³/mol. The SMILES string of the molecule is CNC(=O)c1ccc(OC)c(S(=O)[O-])c1. The van der Waals surface area contributed by atoms with Gasteiger partial charge < -0.3 is 14.6 Å². The molecule has 0 aromatic heterocycles. The summed E-state index contributed by atoms with van der Waals surface area (Å²) in [6, 6.07) is 4.20. The fourth-order valence-electron chi connectivity index (χ4n) is 1.09. The molecule has 1 unspecified atom stereocenters. The van der Waals surface area contributed by atoms with E-state index < -0.39 is 11.1 Å². The van der Waals surface area contributed by atoms with Crippen molar-refractivity contribution in [2.75, 3.05) is 14.2 Å². The Morgan fingerprint density at radius 2 is 2.20 bits per heavy atom. The van der Waals surface area contributed by atoms with Gasteiger partial charge in [0.05, 0.1) is 12.0 Å². The molecular weight excluding hydrogens is 218 g/mol. The van der Waals surface area contributed by atoms with Crippen LogP contribution in [-0.2, 0) is 11.1 Å². The quantitative estimate of drug-likeness (QED) is 0.754. The van der Waals surface area contributed by atoms with Crippen LogP contribution in [0.15, 0.2) is 23.1 Å². The minimum atomic E-state index is -2.42. The lowest BCUT2D eigenvalue weighted by molar-refractivity contribution is 0.0963. The van der Waals surface area contributed by atoms with Gasteiger partial charge in [0.2, 0.25) is 0 Å². The van der Waals surface area contributed by atoms with Gasteiger partial charge in [-0.15, -0.1) is 0 Å². The van der Waals surface area contributed by atoms with Crippen LogP contribution in [0, 0.1) is 0 Å². The molecule has 0 aliphatic heterocycles. The molecule has 5 nitrogen and oxygen atoms in total. The summed E-state index contributed by atoms with van der Waals surface area (Å²) in [5.41, 5.74) is 0.275. The van der Waals surface area contributed by atoms with E-state index >= 15 is 0 Å². The van der Waals surface area contributed by atoms with Crippen LogP contribution in [0.25, 0.3) is 0 Å². The second kappa shape index (κ2) is 4.90. The third kappa shape index (κ3) is 2.54. The maximum absolute atomic E-state index is 11.2. The Hall–Kier alpha value is -1.40. The molecule has 0 spiro atoms. The van der Waals surface area contributed by atoms with E-state index in [9.17, 15) is 13.6 Å². The Balaban J connectivity index is 3.22. The zero-order valence-electron chi connectivity index (χ0n) is 8.27. The molecule has 1 atom stereocenters. The smallest absolute Gasteiger partial charge is 0.251 e. The topological polar surface area (TPSA) is 78.5 Å². The number of rotatable bonds is 3. The van der Waals surface area contributed by atoms with Crippen molar-refractivity contribution in [2.24, 2.45) is 0 Å². The lowest BCUT2D eigenvalue weighted by Gasteiger charge is -2.11. The van der Waals surface area contributed by atoms with Gasteiger partial charge in [-0.25, -0.2) is 0 Å². The predicted octanol–water partition coefficient (Wildman–Crippen LogP) is 0.293. The van der Waals surface area contributed by atoms with E-state index in [4.69, 9.17) is 4.74 Å². The van der Waals surface area contributed by atoms with E-state index in [1.807, 2.05) is 0 Å². The first-order valence-corrected chi connectivity index (χ1v) is 5.17. The summed E-state index contributed by atoms with van der Waals surface area (Å²) in [5.74, 6) is -0.125. The summed E-state index contributed by atoms with van der Waals surface area (Å²) in [5, 5.41) is 2.40. The number of amides is 1. The molecule has 0 heterocycles. The van der Waals surface area contributed by atoms with E-state index in [-0.39, 0.29) is 22.1 Å². The zero-order valence-corrected chi connectivity index (χ0v) is 9.09. The number of hydrogen-bond acceptors (Lipinski definition) is 4. The normalized spacial score (nSPS) is 11.9. The van der Waals surface area contributed by atoms with Gasteiger partial charge in [-0.1, -0.05) is 0 Å². The first-order chi connectivity index (χ1) is 7.10. The molecule has 1 aromatic carbocycles. The average Bonchev–Trinajstić information content (AvgIpc) is 2.27. The van der Waals surface area contributed by atoms with Gasteiger partial charge in [0.25, 0.3) is 5.91 Å². The highest BCUT2D eigenvalue weighted by Gasteiger charge is 2.09. The molecule has 1 rings (SSSR count). The summed E-state index contributed by atoms with van der Waals surface area (Å²) in [4.78, 5) is 11.2. The Bertz CT molecular complexity index is 405. The molecule has 1 amide bonds. The molecule has 0 saturated carbocycles. The first-order valence-electron chi connectivity index (χ1n) is 4.09. The van der Waals surface area contributed by atoms with E-state index in [2.05, 4.69) is 5.32 Å². The monoisotopic (exact) mass is 228 g/mol.